The highest BCUT2D eigenvalue weighted by atomic mass is 127. The molecular formula is C17H18IN3O3. The summed E-state index contributed by atoms with van der Waals surface area (Å²) in [5, 5.41) is 0. The molecular weight excluding hydrogens is 421 g/mol. The summed E-state index contributed by atoms with van der Waals surface area (Å²) < 4.78 is 12.2. The van der Waals surface area contributed by atoms with Gasteiger partial charge in [-0.1, -0.05) is 0 Å². The lowest BCUT2D eigenvalue weighted by molar-refractivity contribution is 0.0519. The van der Waals surface area contributed by atoms with Crippen LogP contribution in [0, 0.1) is 3.57 Å². The van der Waals surface area contributed by atoms with Crippen LogP contribution in [0.2, 0.25) is 0 Å². The number of nitrogens with zero attached hydrogens (tertiary/aromatic N) is 3. The van der Waals surface area contributed by atoms with E-state index in [1.165, 1.54) is 7.11 Å². The number of rotatable bonds is 4. The third kappa shape index (κ3) is 3.95. The van der Waals surface area contributed by atoms with Gasteiger partial charge >= 0.3 is 0 Å². The van der Waals surface area contributed by atoms with Crippen molar-refractivity contribution in [3.8, 4) is 11.8 Å². The number of aromatic nitrogens is 2. The van der Waals surface area contributed by atoms with Gasteiger partial charge in [-0.25, -0.2) is 9.97 Å². The molecule has 1 atom stereocenters. The minimum Gasteiger partial charge on any atom is -0.477 e. The molecule has 1 saturated heterocycles. The van der Waals surface area contributed by atoms with Crippen LogP contribution in [-0.4, -0.2) is 47.1 Å². The summed E-state index contributed by atoms with van der Waals surface area (Å²) in [5.41, 5.74) is 0.702. The summed E-state index contributed by atoms with van der Waals surface area (Å²) in [6.07, 6.45) is 4.77. The largest absolute Gasteiger partial charge is 0.477 e. The third-order valence-corrected chi connectivity index (χ3v) is 4.58. The van der Waals surface area contributed by atoms with E-state index in [0.717, 1.165) is 23.0 Å². The maximum Gasteiger partial charge on any atom is 0.278 e. The topological polar surface area (TPSA) is 64.6 Å². The molecule has 1 aromatic heterocycles. The Labute approximate surface area is 154 Å². The van der Waals surface area contributed by atoms with Gasteiger partial charge in [0.25, 0.3) is 17.7 Å². The number of piperidine rings is 1. The minimum absolute atomic E-state index is 0.0332. The normalized spacial score (nSPS) is 17.4. The van der Waals surface area contributed by atoms with E-state index in [0.29, 0.717) is 23.9 Å². The molecule has 3 rings (SSSR count). The minimum atomic E-state index is -0.114. The Kier molecular flexibility index (Phi) is 5.49. The third-order valence-electron chi connectivity index (χ3n) is 3.86. The number of hydrogen-bond acceptors (Lipinski definition) is 5. The van der Waals surface area contributed by atoms with E-state index in [2.05, 4.69) is 32.6 Å². The van der Waals surface area contributed by atoms with Crippen molar-refractivity contribution in [1.82, 2.24) is 14.9 Å². The van der Waals surface area contributed by atoms with Gasteiger partial charge in [0.2, 0.25) is 0 Å². The first-order valence-corrected chi connectivity index (χ1v) is 8.81. The first-order valence-electron chi connectivity index (χ1n) is 7.74. The Morgan fingerprint density at radius 3 is 2.62 bits per heavy atom. The fourth-order valence-corrected chi connectivity index (χ4v) is 3.04. The Balaban J connectivity index is 1.68. The Hall–Kier alpha value is -1.90. The molecule has 0 aliphatic carbocycles. The van der Waals surface area contributed by atoms with Gasteiger partial charge in [0.1, 0.15) is 6.10 Å². The van der Waals surface area contributed by atoms with Crippen molar-refractivity contribution in [3.05, 3.63) is 45.8 Å². The van der Waals surface area contributed by atoms with Crippen LogP contribution in [0.1, 0.15) is 23.2 Å². The van der Waals surface area contributed by atoms with Gasteiger partial charge in [-0.15, -0.1) is 0 Å². The summed E-state index contributed by atoms with van der Waals surface area (Å²) >= 11 is 2.23. The molecule has 0 spiro atoms. The van der Waals surface area contributed by atoms with Gasteiger partial charge in [-0.05, 0) is 59.7 Å². The van der Waals surface area contributed by atoms with Crippen LogP contribution in [0.15, 0.2) is 36.7 Å². The molecule has 1 aromatic carbocycles. The zero-order valence-electron chi connectivity index (χ0n) is 13.3. The van der Waals surface area contributed by atoms with E-state index >= 15 is 0 Å². The van der Waals surface area contributed by atoms with E-state index in [1.807, 2.05) is 29.2 Å². The van der Waals surface area contributed by atoms with Crippen molar-refractivity contribution in [2.45, 2.75) is 18.9 Å². The molecule has 1 fully saturated rings. The summed E-state index contributed by atoms with van der Waals surface area (Å²) in [6.45, 7) is 1.27. The Morgan fingerprint density at radius 1 is 1.21 bits per heavy atom. The van der Waals surface area contributed by atoms with Gasteiger partial charge in [0, 0.05) is 28.1 Å². The number of carbonyl (C=O) groups is 1. The summed E-state index contributed by atoms with van der Waals surface area (Å²) in [4.78, 5) is 22.7. The lowest BCUT2D eigenvalue weighted by atomic mass is 10.1. The van der Waals surface area contributed by atoms with Crippen LogP contribution in [-0.2, 0) is 0 Å². The van der Waals surface area contributed by atoms with Crippen LogP contribution in [0.4, 0.5) is 0 Å². The predicted octanol–water partition coefficient (Wildman–Crippen LogP) is 2.77. The lowest BCUT2D eigenvalue weighted by Crippen LogP contribution is -2.44. The second-order valence-corrected chi connectivity index (χ2v) is 6.76. The molecule has 0 N–H and O–H groups in total. The van der Waals surface area contributed by atoms with Crippen LogP contribution in [0.5, 0.6) is 11.8 Å². The fourth-order valence-electron chi connectivity index (χ4n) is 2.69. The highest BCUT2D eigenvalue weighted by molar-refractivity contribution is 14.1. The summed E-state index contributed by atoms with van der Waals surface area (Å²) in [6, 6.07) is 7.60. The lowest BCUT2D eigenvalue weighted by Gasteiger charge is -2.32. The molecule has 2 heterocycles. The predicted molar refractivity (Wildman–Crippen MR) is 97.3 cm³/mol. The smallest absolute Gasteiger partial charge is 0.278 e. The van der Waals surface area contributed by atoms with Gasteiger partial charge in [0.15, 0.2) is 0 Å². The molecule has 126 valence electrons. The van der Waals surface area contributed by atoms with Gasteiger partial charge in [-0.3, -0.25) is 4.79 Å². The average molecular weight is 439 g/mol. The quantitative estimate of drug-likeness (QED) is 0.686. The Bertz CT molecular complexity index is 708. The van der Waals surface area contributed by atoms with E-state index in [9.17, 15) is 4.79 Å². The number of benzene rings is 1. The average Bonchev–Trinajstić information content (AvgIpc) is 2.62. The van der Waals surface area contributed by atoms with Gasteiger partial charge < -0.3 is 14.4 Å². The molecule has 0 radical (unpaired) electrons. The molecule has 6 nitrogen and oxygen atoms in total. The number of likely N-dealkylation sites (tertiary alicyclic amines) is 1. The van der Waals surface area contributed by atoms with E-state index in [1.54, 1.807) is 12.4 Å². The van der Waals surface area contributed by atoms with E-state index in [-0.39, 0.29) is 12.0 Å². The number of carbonyl (C=O) groups excluding carboxylic acids is 1. The SMILES string of the molecule is COc1nccnc1OC1CCCN(C(=O)c2ccc(I)cc2)C1. The van der Waals surface area contributed by atoms with Crippen molar-refractivity contribution in [2.75, 3.05) is 20.2 Å². The van der Waals surface area contributed by atoms with Gasteiger partial charge in [0.05, 0.1) is 13.7 Å². The first kappa shape index (κ1) is 16.9. The zero-order valence-corrected chi connectivity index (χ0v) is 15.5. The Morgan fingerprint density at radius 2 is 1.92 bits per heavy atom. The second kappa shape index (κ2) is 7.78. The molecule has 7 heteroatoms. The standard InChI is InChI=1S/C17H18IN3O3/c1-23-15-16(20-9-8-19-15)24-14-3-2-10-21(11-14)17(22)12-4-6-13(18)7-5-12/h4-9,14H,2-3,10-11H2,1H3. The zero-order chi connectivity index (χ0) is 16.9. The van der Waals surface area contributed by atoms with Gasteiger partial charge in [-0.2, -0.15) is 0 Å². The van der Waals surface area contributed by atoms with E-state index in [4.69, 9.17) is 9.47 Å². The van der Waals surface area contributed by atoms with Crippen molar-refractivity contribution in [1.29, 1.82) is 0 Å². The molecule has 24 heavy (non-hydrogen) atoms. The molecule has 2 aromatic rings. The van der Waals surface area contributed by atoms with Crippen molar-refractivity contribution < 1.29 is 14.3 Å². The maximum absolute atomic E-state index is 12.6. The molecule has 0 saturated carbocycles. The molecule has 1 amide bonds. The van der Waals surface area contributed by atoms with Crippen LogP contribution in [0.25, 0.3) is 0 Å². The first-order chi connectivity index (χ1) is 11.7. The number of amides is 1. The summed E-state index contributed by atoms with van der Waals surface area (Å²) in [5.74, 6) is 0.762. The molecule has 0 bridgehead atoms. The van der Waals surface area contributed by atoms with Crippen LogP contribution in [0.3, 0.4) is 0 Å². The number of hydrogen-bond donors (Lipinski definition) is 0. The van der Waals surface area contributed by atoms with Crippen molar-refractivity contribution in [3.63, 3.8) is 0 Å². The van der Waals surface area contributed by atoms with Crippen LogP contribution < -0.4 is 9.47 Å². The number of ether oxygens (including phenoxy) is 2. The van der Waals surface area contributed by atoms with Crippen LogP contribution >= 0.6 is 22.6 Å². The maximum atomic E-state index is 12.6. The van der Waals surface area contributed by atoms with Crippen molar-refractivity contribution >= 4 is 28.5 Å². The highest BCUT2D eigenvalue weighted by Crippen LogP contribution is 2.24. The number of methoxy groups -OCH3 is 1. The fraction of sp³-hybridized carbons (Fsp3) is 0.353. The van der Waals surface area contributed by atoms with Crippen molar-refractivity contribution in [2.24, 2.45) is 0 Å². The monoisotopic (exact) mass is 439 g/mol. The molecule has 1 unspecified atom stereocenters. The molecule has 1 aliphatic heterocycles. The summed E-state index contributed by atoms with van der Waals surface area (Å²) in [7, 11) is 1.53. The highest BCUT2D eigenvalue weighted by Gasteiger charge is 2.26. The second-order valence-electron chi connectivity index (χ2n) is 5.51. The molecule has 1 aliphatic rings. The number of halogens is 1. The van der Waals surface area contributed by atoms with E-state index < -0.39 is 0 Å².